The van der Waals surface area contributed by atoms with Crippen LogP contribution < -0.4 is 14.2 Å². The topological polar surface area (TPSA) is 27.7 Å². The predicted molar refractivity (Wildman–Crippen MR) is 75.1 cm³/mol. The lowest BCUT2D eigenvalue weighted by Crippen LogP contribution is -1.99. The summed E-state index contributed by atoms with van der Waals surface area (Å²) in [5.41, 5.74) is 2.11. The molecule has 2 aromatic rings. The molecule has 0 aliphatic heterocycles. The fourth-order valence-electron chi connectivity index (χ4n) is 1.87. The molecule has 2 rings (SSSR count). The summed E-state index contributed by atoms with van der Waals surface area (Å²) in [6, 6.07) is 13.6. The normalized spacial score (nSPS) is 10.1. The minimum atomic E-state index is 0.468. The van der Waals surface area contributed by atoms with Gasteiger partial charge in [0.2, 0.25) is 0 Å². The fourth-order valence-corrected chi connectivity index (χ4v) is 1.87. The number of methoxy groups -OCH3 is 2. The van der Waals surface area contributed by atoms with Crippen LogP contribution in [-0.2, 0) is 6.61 Å². The molecule has 0 aliphatic carbocycles. The lowest BCUT2D eigenvalue weighted by molar-refractivity contribution is 0.294. The largest absolute Gasteiger partial charge is 0.496 e. The number of rotatable bonds is 5. The van der Waals surface area contributed by atoms with Gasteiger partial charge in [0.15, 0.2) is 0 Å². The van der Waals surface area contributed by atoms with E-state index in [-0.39, 0.29) is 0 Å². The third-order valence-corrected chi connectivity index (χ3v) is 2.97. The Morgan fingerprint density at radius 1 is 0.895 bits per heavy atom. The quantitative estimate of drug-likeness (QED) is 0.820. The smallest absolute Gasteiger partial charge is 0.125 e. The zero-order valence-corrected chi connectivity index (χ0v) is 11.5. The predicted octanol–water partition coefficient (Wildman–Crippen LogP) is 3.59. The first-order valence-electron chi connectivity index (χ1n) is 6.14. The van der Waals surface area contributed by atoms with E-state index >= 15 is 0 Å². The van der Waals surface area contributed by atoms with Crippen molar-refractivity contribution in [2.45, 2.75) is 13.5 Å². The summed E-state index contributed by atoms with van der Waals surface area (Å²) in [6.45, 7) is 2.47. The average Bonchev–Trinajstić information content (AvgIpc) is 2.46. The molecule has 0 bridgehead atoms. The van der Waals surface area contributed by atoms with Crippen LogP contribution in [0.15, 0.2) is 42.5 Å². The molecule has 0 N–H and O–H groups in total. The van der Waals surface area contributed by atoms with Crippen molar-refractivity contribution < 1.29 is 14.2 Å². The van der Waals surface area contributed by atoms with Crippen LogP contribution in [0.1, 0.15) is 11.1 Å². The van der Waals surface area contributed by atoms with E-state index in [4.69, 9.17) is 14.2 Å². The van der Waals surface area contributed by atoms with Crippen molar-refractivity contribution in [1.82, 2.24) is 0 Å². The van der Waals surface area contributed by atoms with Crippen LogP contribution in [0.5, 0.6) is 17.2 Å². The maximum absolute atomic E-state index is 5.77. The summed E-state index contributed by atoms with van der Waals surface area (Å²) in [5, 5.41) is 0. The second kappa shape index (κ2) is 6.14. The summed E-state index contributed by atoms with van der Waals surface area (Å²) >= 11 is 0. The van der Waals surface area contributed by atoms with Gasteiger partial charge in [-0.25, -0.2) is 0 Å². The monoisotopic (exact) mass is 258 g/mol. The van der Waals surface area contributed by atoms with Crippen molar-refractivity contribution in [2.24, 2.45) is 0 Å². The van der Waals surface area contributed by atoms with Gasteiger partial charge in [0.05, 0.1) is 14.2 Å². The Morgan fingerprint density at radius 2 is 1.63 bits per heavy atom. The summed E-state index contributed by atoms with van der Waals surface area (Å²) in [6.07, 6.45) is 0. The summed E-state index contributed by atoms with van der Waals surface area (Å²) < 4.78 is 16.3. The first-order chi connectivity index (χ1) is 9.24. The van der Waals surface area contributed by atoms with E-state index < -0.39 is 0 Å². The second-order valence-electron chi connectivity index (χ2n) is 4.23. The Balaban J connectivity index is 2.10. The average molecular weight is 258 g/mol. The van der Waals surface area contributed by atoms with Gasteiger partial charge in [-0.05, 0) is 24.6 Å². The molecule has 0 aromatic heterocycles. The first-order valence-corrected chi connectivity index (χ1v) is 6.14. The molecule has 2 aromatic carbocycles. The molecule has 0 heterocycles. The maximum Gasteiger partial charge on any atom is 0.125 e. The van der Waals surface area contributed by atoms with Crippen molar-refractivity contribution in [3.05, 3.63) is 53.6 Å². The number of aryl methyl sites for hydroxylation is 1. The molecule has 3 nitrogen and oxygen atoms in total. The van der Waals surface area contributed by atoms with Crippen LogP contribution in [-0.4, -0.2) is 14.2 Å². The third-order valence-electron chi connectivity index (χ3n) is 2.97. The van der Waals surface area contributed by atoms with Crippen LogP contribution in [0.4, 0.5) is 0 Å². The van der Waals surface area contributed by atoms with Crippen molar-refractivity contribution >= 4 is 0 Å². The number of hydrogen-bond donors (Lipinski definition) is 0. The Hall–Kier alpha value is -2.16. The van der Waals surface area contributed by atoms with Crippen LogP contribution in [0, 0.1) is 6.92 Å². The van der Waals surface area contributed by atoms with Gasteiger partial charge >= 0.3 is 0 Å². The van der Waals surface area contributed by atoms with Crippen molar-refractivity contribution in [3.8, 4) is 17.2 Å². The van der Waals surface area contributed by atoms with Gasteiger partial charge < -0.3 is 14.2 Å². The van der Waals surface area contributed by atoms with Crippen molar-refractivity contribution in [3.63, 3.8) is 0 Å². The Kier molecular flexibility index (Phi) is 4.29. The third kappa shape index (κ3) is 3.19. The van der Waals surface area contributed by atoms with E-state index in [1.807, 2.05) is 49.4 Å². The van der Waals surface area contributed by atoms with E-state index in [2.05, 4.69) is 0 Å². The molecule has 0 saturated heterocycles. The highest BCUT2D eigenvalue weighted by Gasteiger charge is 2.04. The molecule has 0 radical (unpaired) electrons. The molecule has 0 amide bonds. The van der Waals surface area contributed by atoms with Crippen LogP contribution in [0.3, 0.4) is 0 Å². The second-order valence-corrected chi connectivity index (χ2v) is 4.23. The number of benzene rings is 2. The molecule has 0 atom stereocenters. The molecule has 0 aliphatic rings. The SMILES string of the molecule is COc1cc(OCc2ccccc2OC)ccc1C. The molecule has 19 heavy (non-hydrogen) atoms. The number of para-hydroxylation sites is 1. The van der Waals surface area contributed by atoms with Crippen LogP contribution in [0.2, 0.25) is 0 Å². The van der Waals surface area contributed by atoms with Gasteiger partial charge in [-0.1, -0.05) is 24.3 Å². The standard InChI is InChI=1S/C16H18O3/c1-12-8-9-14(10-16(12)18-3)19-11-13-6-4-5-7-15(13)17-2/h4-10H,11H2,1-3H3. The highest BCUT2D eigenvalue weighted by atomic mass is 16.5. The Bertz CT molecular complexity index is 549. The molecule has 3 heteroatoms. The van der Waals surface area contributed by atoms with Crippen molar-refractivity contribution in [2.75, 3.05) is 14.2 Å². The Morgan fingerprint density at radius 3 is 2.37 bits per heavy atom. The molecule has 0 saturated carbocycles. The molecular weight excluding hydrogens is 240 g/mol. The van der Waals surface area contributed by atoms with Gasteiger partial charge in [-0.2, -0.15) is 0 Å². The summed E-state index contributed by atoms with van der Waals surface area (Å²) in [4.78, 5) is 0. The lowest BCUT2D eigenvalue weighted by Gasteiger charge is -2.11. The van der Waals surface area contributed by atoms with E-state index in [0.29, 0.717) is 6.61 Å². The summed E-state index contributed by atoms with van der Waals surface area (Å²) in [7, 11) is 3.32. The fraction of sp³-hybridized carbons (Fsp3) is 0.250. The van der Waals surface area contributed by atoms with Gasteiger partial charge in [-0.15, -0.1) is 0 Å². The highest BCUT2D eigenvalue weighted by Crippen LogP contribution is 2.25. The van der Waals surface area contributed by atoms with Gasteiger partial charge in [0.1, 0.15) is 23.9 Å². The van der Waals surface area contributed by atoms with Gasteiger partial charge in [0.25, 0.3) is 0 Å². The first kappa shape index (κ1) is 13.3. The maximum atomic E-state index is 5.77. The summed E-state index contributed by atoms with van der Waals surface area (Å²) in [5.74, 6) is 2.45. The highest BCUT2D eigenvalue weighted by molar-refractivity contribution is 5.40. The number of hydrogen-bond acceptors (Lipinski definition) is 3. The minimum Gasteiger partial charge on any atom is -0.496 e. The zero-order valence-electron chi connectivity index (χ0n) is 11.5. The molecule has 100 valence electrons. The minimum absolute atomic E-state index is 0.468. The van der Waals surface area contributed by atoms with E-state index in [1.165, 1.54) is 0 Å². The Labute approximate surface area is 113 Å². The van der Waals surface area contributed by atoms with E-state index in [9.17, 15) is 0 Å². The number of ether oxygens (including phenoxy) is 3. The van der Waals surface area contributed by atoms with Crippen molar-refractivity contribution in [1.29, 1.82) is 0 Å². The van der Waals surface area contributed by atoms with Gasteiger partial charge in [-0.3, -0.25) is 0 Å². The molecule has 0 unspecified atom stereocenters. The van der Waals surface area contributed by atoms with Gasteiger partial charge in [0, 0.05) is 11.6 Å². The lowest BCUT2D eigenvalue weighted by atomic mass is 10.2. The molecule has 0 fully saturated rings. The van der Waals surface area contributed by atoms with E-state index in [1.54, 1.807) is 14.2 Å². The zero-order chi connectivity index (χ0) is 13.7. The van der Waals surface area contributed by atoms with Crippen LogP contribution >= 0.6 is 0 Å². The van der Waals surface area contributed by atoms with Crippen LogP contribution in [0.25, 0.3) is 0 Å². The molecule has 0 spiro atoms. The van der Waals surface area contributed by atoms with E-state index in [0.717, 1.165) is 28.4 Å². The molecular formula is C16H18O3.